The second-order valence-corrected chi connectivity index (χ2v) is 7.67. The van der Waals surface area contributed by atoms with E-state index >= 15 is 0 Å². The highest BCUT2D eigenvalue weighted by Crippen LogP contribution is 2.31. The Bertz CT molecular complexity index is 1100. The van der Waals surface area contributed by atoms with Crippen molar-refractivity contribution >= 4 is 5.91 Å². The zero-order valence-corrected chi connectivity index (χ0v) is 18.4. The molecule has 6 nitrogen and oxygen atoms in total. The van der Waals surface area contributed by atoms with Gasteiger partial charge < -0.3 is 25.6 Å². The molecule has 0 spiro atoms. The molecule has 34 heavy (non-hydrogen) atoms. The van der Waals surface area contributed by atoms with Crippen molar-refractivity contribution in [3.63, 3.8) is 0 Å². The lowest BCUT2D eigenvalue weighted by molar-refractivity contribution is -0.137. The van der Waals surface area contributed by atoms with Gasteiger partial charge in [0.15, 0.2) is 11.5 Å². The number of hydrogen-bond acceptors (Lipinski definition) is 5. The zero-order valence-electron chi connectivity index (χ0n) is 18.4. The van der Waals surface area contributed by atoms with Crippen molar-refractivity contribution in [3.05, 3.63) is 89.0 Å². The molecule has 1 atom stereocenters. The Balaban J connectivity index is 1.61. The molecule has 0 fully saturated rings. The molecule has 0 heterocycles. The van der Waals surface area contributed by atoms with E-state index in [2.05, 4.69) is 5.32 Å². The fraction of sp³-hybridized carbons (Fsp3) is 0.240. The van der Waals surface area contributed by atoms with Crippen LogP contribution in [0, 0.1) is 0 Å². The molecule has 180 valence electrons. The first-order valence-electron chi connectivity index (χ1n) is 10.4. The van der Waals surface area contributed by atoms with Crippen LogP contribution in [-0.2, 0) is 30.5 Å². The number of nitrogens with one attached hydrogen (secondary N) is 1. The van der Waals surface area contributed by atoms with E-state index in [0.29, 0.717) is 30.0 Å². The lowest BCUT2D eigenvalue weighted by atomic mass is 10.0. The van der Waals surface area contributed by atoms with Crippen LogP contribution in [0.25, 0.3) is 0 Å². The van der Waals surface area contributed by atoms with Crippen LogP contribution >= 0.6 is 0 Å². The summed E-state index contributed by atoms with van der Waals surface area (Å²) >= 11 is 0. The van der Waals surface area contributed by atoms with Crippen LogP contribution in [0.4, 0.5) is 13.2 Å². The van der Waals surface area contributed by atoms with Crippen molar-refractivity contribution in [2.24, 2.45) is 5.73 Å². The number of carbonyl (C=O) groups is 1. The summed E-state index contributed by atoms with van der Waals surface area (Å²) in [6.07, 6.45) is -4.02. The van der Waals surface area contributed by atoms with E-state index in [-0.39, 0.29) is 12.4 Å². The first-order valence-corrected chi connectivity index (χ1v) is 10.4. The highest BCUT2D eigenvalue weighted by molar-refractivity contribution is 5.80. The van der Waals surface area contributed by atoms with Gasteiger partial charge in [-0.25, -0.2) is 0 Å². The third kappa shape index (κ3) is 6.89. The number of phenols is 1. The Morgan fingerprint density at radius 1 is 0.971 bits per heavy atom. The molecule has 0 aliphatic heterocycles. The van der Waals surface area contributed by atoms with Crippen molar-refractivity contribution in [1.29, 1.82) is 0 Å². The number of primary amides is 1. The summed E-state index contributed by atoms with van der Waals surface area (Å²) < 4.78 is 49.2. The van der Waals surface area contributed by atoms with E-state index in [1.54, 1.807) is 42.5 Å². The number of benzene rings is 3. The summed E-state index contributed by atoms with van der Waals surface area (Å²) in [5.74, 6) is 0.513. The Morgan fingerprint density at radius 2 is 1.59 bits per heavy atom. The van der Waals surface area contributed by atoms with Crippen LogP contribution in [0.15, 0.2) is 66.7 Å². The molecule has 0 bridgehead atoms. The van der Waals surface area contributed by atoms with Gasteiger partial charge in [0.1, 0.15) is 12.4 Å². The maximum atomic E-state index is 12.7. The molecule has 0 aliphatic rings. The van der Waals surface area contributed by atoms with E-state index in [9.17, 15) is 23.1 Å². The SMILES string of the molecule is COc1cc(CNC(Cc2ccc(O)cc2)C(N)=O)ccc1OCc1ccc(C(F)(F)F)cc1. The minimum absolute atomic E-state index is 0.0719. The van der Waals surface area contributed by atoms with Crippen molar-refractivity contribution in [3.8, 4) is 17.2 Å². The lowest BCUT2D eigenvalue weighted by Crippen LogP contribution is -2.42. The molecule has 3 aromatic rings. The highest BCUT2D eigenvalue weighted by Gasteiger charge is 2.29. The summed E-state index contributed by atoms with van der Waals surface area (Å²) in [4.78, 5) is 11.9. The standard InChI is InChI=1S/C25H25F3N2O4/c1-33-23-13-18(14-30-21(24(29)32)12-16-4-9-20(31)10-5-16)6-11-22(23)34-15-17-2-7-19(8-3-17)25(26,27)28/h2-11,13,21,30-31H,12,14-15H2,1H3,(H2,29,32). The largest absolute Gasteiger partial charge is 0.508 e. The summed E-state index contributed by atoms with van der Waals surface area (Å²) in [6, 6.07) is 15.9. The van der Waals surface area contributed by atoms with Crippen LogP contribution in [0.1, 0.15) is 22.3 Å². The van der Waals surface area contributed by atoms with Crippen LogP contribution < -0.4 is 20.5 Å². The number of nitrogens with two attached hydrogens (primary N) is 1. The summed E-state index contributed by atoms with van der Waals surface area (Å²) in [5.41, 5.74) is 7.06. The van der Waals surface area contributed by atoms with Crippen molar-refractivity contribution in [1.82, 2.24) is 5.32 Å². The van der Waals surface area contributed by atoms with Crippen LogP contribution in [0.3, 0.4) is 0 Å². The van der Waals surface area contributed by atoms with Crippen LogP contribution in [0.5, 0.6) is 17.2 Å². The Labute approximate surface area is 195 Å². The van der Waals surface area contributed by atoms with Gasteiger partial charge >= 0.3 is 6.18 Å². The number of amides is 1. The summed E-state index contributed by atoms with van der Waals surface area (Å²) in [6.45, 7) is 0.406. The Kier molecular flexibility index (Phi) is 8.01. The minimum Gasteiger partial charge on any atom is -0.508 e. The lowest BCUT2D eigenvalue weighted by Gasteiger charge is -2.17. The third-order valence-electron chi connectivity index (χ3n) is 5.18. The monoisotopic (exact) mass is 474 g/mol. The van der Waals surface area contributed by atoms with E-state index in [1.807, 2.05) is 0 Å². The number of hydrogen-bond donors (Lipinski definition) is 3. The molecule has 0 saturated carbocycles. The molecule has 3 aromatic carbocycles. The van der Waals surface area contributed by atoms with Gasteiger partial charge in [-0.05, 0) is 59.5 Å². The molecular weight excluding hydrogens is 449 g/mol. The zero-order chi connectivity index (χ0) is 24.7. The number of phenolic OH excluding ortho intramolecular Hbond substituents is 1. The number of methoxy groups -OCH3 is 1. The van der Waals surface area contributed by atoms with E-state index in [4.69, 9.17) is 15.2 Å². The molecule has 3 rings (SSSR count). The second-order valence-electron chi connectivity index (χ2n) is 7.67. The van der Waals surface area contributed by atoms with E-state index in [0.717, 1.165) is 23.3 Å². The van der Waals surface area contributed by atoms with Gasteiger partial charge in [-0.15, -0.1) is 0 Å². The van der Waals surface area contributed by atoms with Gasteiger partial charge in [0.2, 0.25) is 5.91 Å². The quantitative estimate of drug-likeness (QED) is 0.410. The normalized spacial score (nSPS) is 12.2. The molecule has 0 aromatic heterocycles. The fourth-order valence-electron chi connectivity index (χ4n) is 3.27. The predicted octanol–water partition coefficient (Wildman–Crippen LogP) is 4.18. The number of halogens is 3. The number of carbonyl (C=O) groups excluding carboxylic acids is 1. The first kappa shape index (κ1) is 24.9. The first-order chi connectivity index (χ1) is 16.2. The number of rotatable bonds is 10. The van der Waals surface area contributed by atoms with Gasteiger partial charge in [-0.2, -0.15) is 13.2 Å². The van der Waals surface area contributed by atoms with E-state index in [1.165, 1.54) is 19.2 Å². The van der Waals surface area contributed by atoms with Gasteiger partial charge in [0.25, 0.3) is 0 Å². The second kappa shape index (κ2) is 10.9. The molecule has 4 N–H and O–H groups in total. The Morgan fingerprint density at radius 3 is 2.18 bits per heavy atom. The average Bonchev–Trinajstić information content (AvgIpc) is 2.81. The molecule has 0 aliphatic carbocycles. The van der Waals surface area contributed by atoms with Crippen molar-refractivity contribution in [2.75, 3.05) is 7.11 Å². The maximum Gasteiger partial charge on any atom is 0.416 e. The maximum absolute atomic E-state index is 12.7. The topological polar surface area (TPSA) is 93.8 Å². The molecule has 1 unspecified atom stereocenters. The number of alkyl halides is 3. The summed E-state index contributed by atoms with van der Waals surface area (Å²) in [7, 11) is 1.48. The van der Waals surface area contributed by atoms with Crippen LogP contribution in [0.2, 0.25) is 0 Å². The van der Waals surface area contributed by atoms with Crippen molar-refractivity contribution < 1.29 is 32.5 Å². The fourth-order valence-corrected chi connectivity index (χ4v) is 3.27. The third-order valence-corrected chi connectivity index (χ3v) is 5.18. The van der Waals surface area contributed by atoms with Gasteiger partial charge in [0, 0.05) is 6.54 Å². The molecule has 0 saturated heterocycles. The van der Waals surface area contributed by atoms with Crippen LogP contribution in [-0.4, -0.2) is 24.2 Å². The van der Waals surface area contributed by atoms with E-state index < -0.39 is 23.7 Å². The number of aromatic hydroxyl groups is 1. The molecule has 9 heteroatoms. The van der Waals surface area contributed by atoms with Gasteiger partial charge in [0.05, 0.1) is 18.7 Å². The minimum atomic E-state index is -4.38. The number of ether oxygens (including phenoxy) is 2. The van der Waals surface area contributed by atoms with Crippen molar-refractivity contribution in [2.45, 2.75) is 31.8 Å². The van der Waals surface area contributed by atoms with Gasteiger partial charge in [-0.3, -0.25) is 4.79 Å². The highest BCUT2D eigenvalue weighted by atomic mass is 19.4. The Hall–Kier alpha value is -3.72. The molecule has 0 radical (unpaired) electrons. The molecule has 1 amide bonds. The summed E-state index contributed by atoms with van der Waals surface area (Å²) in [5, 5.41) is 12.5. The smallest absolute Gasteiger partial charge is 0.416 e. The molecular formula is C25H25F3N2O4. The predicted molar refractivity (Wildman–Crippen MR) is 120 cm³/mol. The average molecular weight is 474 g/mol. The van der Waals surface area contributed by atoms with Gasteiger partial charge in [-0.1, -0.05) is 30.3 Å².